The van der Waals surface area contributed by atoms with Crippen LogP contribution in [0.4, 0.5) is 0 Å². The van der Waals surface area contributed by atoms with Crippen LogP contribution in [-0.2, 0) is 4.79 Å². The molecular formula is C17H22N2O3. The maximum Gasteiger partial charge on any atom is 0.253 e. The Bertz CT molecular complexity index is 590. The highest BCUT2D eigenvalue weighted by Crippen LogP contribution is 2.30. The van der Waals surface area contributed by atoms with Gasteiger partial charge in [-0.25, -0.2) is 0 Å². The molecule has 22 heavy (non-hydrogen) atoms. The number of benzene rings is 1. The molecule has 0 radical (unpaired) electrons. The maximum atomic E-state index is 12.6. The summed E-state index contributed by atoms with van der Waals surface area (Å²) in [7, 11) is 3.61. The Morgan fingerprint density at radius 2 is 2.14 bits per heavy atom. The molecule has 0 spiro atoms. The van der Waals surface area contributed by atoms with E-state index in [1.807, 2.05) is 36.2 Å². The molecule has 2 aliphatic heterocycles. The molecule has 1 aromatic carbocycles. The molecule has 0 aromatic heterocycles. The lowest BCUT2D eigenvalue weighted by atomic mass is 10.0. The zero-order valence-electron chi connectivity index (χ0n) is 13.1. The van der Waals surface area contributed by atoms with Crippen molar-refractivity contribution in [1.82, 2.24) is 10.2 Å². The van der Waals surface area contributed by atoms with Gasteiger partial charge in [-0.2, -0.15) is 0 Å². The fourth-order valence-electron chi connectivity index (χ4n) is 2.98. The first kappa shape index (κ1) is 14.9. The summed E-state index contributed by atoms with van der Waals surface area (Å²) in [4.78, 5) is 14.6. The summed E-state index contributed by atoms with van der Waals surface area (Å²) in [5.41, 5.74) is 1.61. The van der Waals surface area contributed by atoms with E-state index in [-0.39, 0.29) is 5.91 Å². The van der Waals surface area contributed by atoms with Crippen molar-refractivity contribution in [3.05, 3.63) is 29.3 Å². The number of hydrogen-bond acceptors (Lipinski definition) is 4. The zero-order valence-corrected chi connectivity index (χ0v) is 13.1. The van der Waals surface area contributed by atoms with Gasteiger partial charge in [0.25, 0.3) is 5.91 Å². The molecule has 5 heteroatoms. The number of likely N-dealkylation sites (tertiary alicyclic amines) is 1. The molecule has 0 atom stereocenters. The third-order valence-electron chi connectivity index (χ3n) is 4.39. The summed E-state index contributed by atoms with van der Waals surface area (Å²) in [6, 6.07) is 6.16. The van der Waals surface area contributed by atoms with E-state index >= 15 is 0 Å². The first-order valence-electron chi connectivity index (χ1n) is 7.69. The SMILES string of the molecule is CNC1CCN(C(=O)C2=Cc3cc(OC)ccc3OC2)CC1. The van der Waals surface area contributed by atoms with E-state index in [1.54, 1.807) is 7.11 Å². The highest BCUT2D eigenvalue weighted by molar-refractivity contribution is 5.99. The van der Waals surface area contributed by atoms with Gasteiger partial charge < -0.3 is 19.7 Å². The third-order valence-corrected chi connectivity index (χ3v) is 4.39. The number of fused-ring (bicyclic) bond motifs is 1. The number of carbonyl (C=O) groups is 1. The number of nitrogens with zero attached hydrogens (tertiary/aromatic N) is 1. The van der Waals surface area contributed by atoms with Crippen LogP contribution in [0.1, 0.15) is 18.4 Å². The van der Waals surface area contributed by atoms with Crippen LogP contribution in [0, 0.1) is 0 Å². The van der Waals surface area contributed by atoms with Gasteiger partial charge in [-0.3, -0.25) is 4.79 Å². The van der Waals surface area contributed by atoms with E-state index in [0.717, 1.165) is 43.0 Å². The van der Waals surface area contributed by atoms with Gasteiger partial charge in [0.2, 0.25) is 0 Å². The summed E-state index contributed by atoms with van der Waals surface area (Å²) in [6.07, 6.45) is 3.93. The van der Waals surface area contributed by atoms with Crippen LogP contribution >= 0.6 is 0 Å². The van der Waals surface area contributed by atoms with Crippen molar-refractivity contribution in [2.24, 2.45) is 0 Å². The smallest absolute Gasteiger partial charge is 0.253 e. The quantitative estimate of drug-likeness (QED) is 0.923. The largest absolute Gasteiger partial charge is 0.497 e. The number of rotatable bonds is 3. The van der Waals surface area contributed by atoms with E-state index < -0.39 is 0 Å². The Kier molecular flexibility index (Phi) is 4.34. The molecule has 0 bridgehead atoms. The van der Waals surface area contributed by atoms with Crippen molar-refractivity contribution in [1.29, 1.82) is 0 Å². The van der Waals surface area contributed by atoms with Crippen LogP contribution in [-0.4, -0.2) is 50.7 Å². The maximum absolute atomic E-state index is 12.6. The van der Waals surface area contributed by atoms with E-state index in [1.165, 1.54) is 0 Å². The fraction of sp³-hybridized carbons (Fsp3) is 0.471. The van der Waals surface area contributed by atoms with E-state index in [0.29, 0.717) is 18.2 Å². The molecule has 1 fully saturated rings. The lowest BCUT2D eigenvalue weighted by Gasteiger charge is -2.33. The third kappa shape index (κ3) is 2.95. The summed E-state index contributed by atoms with van der Waals surface area (Å²) in [5, 5.41) is 3.28. The van der Waals surface area contributed by atoms with E-state index in [2.05, 4.69) is 5.32 Å². The van der Waals surface area contributed by atoms with E-state index in [9.17, 15) is 4.79 Å². The minimum atomic E-state index is 0.0861. The molecule has 0 aliphatic carbocycles. The number of piperidine rings is 1. The number of methoxy groups -OCH3 is 1. The second-order valence-corrected chi connectivity index (χ2v) is 5.72. The number of amides is 1. The summed E-state index contributed by atoms with van der Waals surface area (Å²) >= 11 is 0. The van der Waals surface area contributed by atoms with Gasteiger partial charge in [-0.05, 0) is 44.2 Å². The summed E-state index contributed by atoms with van der Waals surface area (Å²) in [5.74, 6) is 1.65. The van der Waals surface area contributed by atoms with Crippen molar-refractivity contribution in [2.75, 3.05) is 33.9 Å². The Labute approximate surface area is 130 Å². The average molecular weight is 302 g/mol. The van der Waals surface area contributed by atoms with Gasteiger partial charge in [0.05, 0.1) is 12.7 Å². The van der Waals surface area contributed by atoms with Gasteiger partial charge in [0.15, 0.2) is 0 Å². The lowest BCUT2D eigenvalue weighted by Crippen LogP contribution is -2.45. The molecule has 1 amide bonds. The van der Waals surface area contributed by atoms with Crippen molar-refractivity contribution < 1.29 is 14.3 Å². The van der Waals surface area contributed by atoms with Crippen molar-refractivity contribution in [3.63, 3.8) is 0 Å². The highest BCUT2D eigenvalue weighted by atomic mass is 16.5. The van der Waals surface area contributed by atoms with Gasteiger partial charge in [-0.1, -0.05) is 0 Å². The molecule has 2 heterocycles. The molecule has 0 saturated carbocycles. The number of hydrogen-bond donors (Lipinski definition) is 1. The Morgan fingerprint density at radius 3 is 2.82 bits per heavy atom. The molecule has 3 rings (SSSR count). The Balaban J connectivity index is 1.74. The molecule has 1 aromatic rings. The van der Waals surface area contributed by atoms with Crippen LogP contribution in [0.15, 0.2) is 23.8 Å². The van der Waals surface area contributed by atoms with Crippen LogP contribution in [0.5, 0.6) is 11.5 Å². The van der Waals surface area contributed by atoms with Gasteiger partial charge in [0.1, 0.15) is 18.1 Å². The average Bonchev–Trinajstić information content (AvgIpc) is 2.60. The first-order chi connectivity index (χ1) is 10.7. The molecule has 118 valence electrons. The second-order valence-electron chi connectivity index (χ2n) is 5.72. The fourth-order valence-corrected chi connectivity index (χ4v) is 2.98. The number of ether oxygens (including phenoxy) is 2. The topological polar surface area (TPSA) is 50.8 Å². The van der Waals surface area contributed by atoms with E-state index in [4.69, 9.17) is 9.47 Å². The van der Waals surface area contributed by atoms with Gasteiger partial charge >= 0.3 is 0 Å². The predicted molar refractivity (Wildman–Crippen MR) is 85.1 cm³/mol. The molecule has 1 saturated heterocycles. The lowest BCUT2D eigenvalue weighted by molar-refractivity contribution is -0.128. The molecule has 0 unspecified atom stereocenters. The van der Waals surface area contributed by atoms with Crippen LogP contribution in [0.2, 0.25) is 0 Å². The van der Waals surface area contributed by atoms with Gasteiger partial charge in [0, 0.05) is 24.7 Å². The second kappa shape index (κ2) is 6.40. The molecule has 5 nitrogen and oxygen atoms in total. The van der Waals surface area contributed by atoms with Crippen molar-refractivity contribution in [3.8, 4) is 11.5 Å². The van der Waals surface area contributed by atoms with Crippen LogP contribution < -0.4 is 14.8 Å². The van der Waals surface area contributed by atoms with Crippen LogP contribution in [0.3, 0.4) is 0 Å². The Morgan fingerprint density at radius 1 is 1.36 bits per heavy atom. The minimum absolute atomic E-state index is 0.0861. The Hall–Kier alpha value is -2.01. The van der Waals surface area contributed by atoms with Crippen molar-refractivity contribution in [2.45, 2.75) is 18.9 Å². The summed E-state index contributed by atoms with van der Waals surface area (Å²) in [6.45, 7) is 1.93. The predicted octanol–water partition coefficient (Wildman–Crippen LogP) is 1.68. The monoisotopic (exact) mass is 302 g/mol. The number of carbonyl (C=O) groups excluding carboxylic acids is 1. The van der Waals surface area contributed by atoms with Gasteiger partial charge in [-0.15, -0.1) is 0 Å². The molecule has 2 aliphatic rings. The molecular weight excluding hydrogens is 280 g/mol. The molecule has 1 N–H and O–H groups in total. The summed E-state index contributed by atoms with van der Waals surface area (Å²) < 4.78 is 10.9. The van der Waals surface area contributed by atoms with Crippen molar-refractivity contribution >= 4 is 12.0 Å². The zero-order chi connectivity index (χ0) is 15.5. The minimum Gasteiger partial charge on any atom is -0.497 e. The van der Waals surface area contributed by atoms with Crippen LogP contribution in [0.25, 0.3) is 6.08 Å². The normalized spacial score (nSPS) is 18.3. The number of nitrogens with one attached hydrogen (secondary N) is 1. The first-order valence-corrected chi connectivity index (χ1v) is 7.69. The standard InChI is InChI=1S/C17H22N2O3/c1-18-14-5-7-19(8-6-14)17(20)13-9-12-10-15(21-2)3-4-16(12)22-11-13/h3-4,9-10,14,18H,5-8,11H2,1-2H3. The highest BCUT2D eigenvalue weighted by Gasteiger charge is 2.26.